The number of ether oxygens (including phenoxy) is 1. The van der Waals surface area contributed by atoms with Gasteiger partial charge in [-0.15, -0.1) is 0 Å². The van der Waals surface area contributed by atoms with Gasteiger partial charge in [0.1, 0.15) is 0 Å². The summed E-state index contributed by atoms with van der Waals surface area (Å²) in [6.07, 6.45) is 4.17. The van der Waals surface area contributed by atoms with Crippen molar-refractivity contribution in [3.05, 3.63) is 35.4 Å². The monoisotopic (exact) mass is 261 g/mol. The molecule has 102 valence electrons. The summed E-state index contributed by atoms with van der Waals surface area (Å²) in [6, 6.07) is 7.57. The third-order valence-electron chi connectivity index (χ3n) is 3.76. The molecule has 1 aromatic carbocycles. The number of amides is 1. The quantitative estimate of drug-likeness (QED) is 0.836. The van der Waals surface area contributed by atoms with Gasteiger partial charge in [0.15, 0.2) is 6.23 Å². The Hall–Kier alpha value is -1.39. The lowest BCUT2D eigenvalue weighted by Crippen LogP contribution is -2.33. The summed E-state index contributed by atoms with van der Waals surface area (Å²) in [5.74, 6) is -0.0825. The first-order chi connectivity index (χ1) is 9.31. The van der Waals surface area contributed by atoms with E-state index in [1.807, 2.05) is 31.2 Å². The number of hydrogen-bond donors (Lipinski definition) is 0. The van der Waals surface area contributed by atoms with Crippen LogP contribution in [0, 0.1) is 0 Å². The van der Waals surface area contributed by atoms with Crippen LogP contribution < -0.4 is 0 Å². The van der Waals surface area contributed by atoms with E-state index in [0.29, 0.717) is 12.2 Å². The van der Waals surface area contributed by atoms with Crippen molar-refractivity contribution in [2.24, 2.45) is 0 Å². The van der Waals surface area contributed by atoms with Gasteiger partial charge >= 0.3 is 0 Å². The van der Waals surface area contributed by atoms with Crippen molar-refractivity contribution in [3.8, 4) is 0 Å². The largest absolute Gasteiger partial charge is 0.352 e. The van der Waals surface area contributed by atoms with E-state index in [0.717, 1.165) is 18.4 Å². The van der Waals surface area contributed by atoms with Gasteiger partial charge in [0, 0.05) is 17.7 Å². The molecule has 0 bridgehead atoms. The van der Waals surface area contributed by atoms with Gasteiger partial charge in [-0.3, -0.25) is 9.63 Å². The van der Waals surface area contributed by atoms with Crippen molar-refractivity contribution in [2.45, 2.75) is 44.9 Å². The lowest BCUT2D eigenvalue weighted by atomic mass is 10.1. The summed E-state index contributed by atoms with van der Waals surface area (Å²) in [7, 11) is 0. The zero-order valence-electron chi connectivity index (χ0n) is 11.2. The average molecular weight is 261 g/mol. The molecule has 1 unspecified atom stereocenters. The van der Waals surface area contributed by atoms with Crippen LogP contribution in [-0.2, 0) is 9.57 Å². The van der Waals surface area contributed by atoms with Crippen molar-refractivity contribution in [3.63, 3.8) is 0 Å². The molecule has 1 atom stereocenters. The van der Waals surface area contributed by atoms with Crippen molar-refractivity contribution in [1.82, 2.24) is 5.06 Å². The maximum Gasteiger partial charge on any atom is 0.280 e. The summed E-state index contributed by atoms with van der Waals surface area (Å²) < 4.78 is 5.70. The summed E-state index contributed by atoms with van der Waals surface area (Å²) >= 11 is 0. The predicted molar refractivity (Wildman–Crippen MR) is 70.3 cm³/mol. The fraction of sp³-hybridized carbons (Fsp3) is 0.533. The van der Waals surface area contributed by atoms with Gasteiger partial charge in [0.25, 0.3) is 5.91 Å². The molecule has 1 aliphatic heterocycles. The molecule has 4 nitrogen and oxygen atoms in total. The molecular weight excluding hydrogens is 242 g/mol. The molecule has 1 aliphatic carbocycles. The highest BCUT2D eigenvalue weighted by Gasteiger charge is 2.39. The molecule has 1 heterocycles. The van der Waals surface area contributed by atoms with Gasteiger partial charge in [-0.1, -0.05) is 31.0 Å². The van der Waals surface area contributed by atoms with Crippen LogP contribution in [0.3, 0.4) is 0 Å². The van der Waals surface area contributed by atoms with Crippen molar-refractivity contribution in [2.75, 3.05) is 6.61 Å². The van der Waals surface area contributed by atoms with E-state index in [4.69, 9.17) is 9.57 Å². The van der Waals surface area contributed by atoms with Crippen LogP contribution in [0.5, 0.6) is 0 Å². The van der Waals surface area contributed by atoms with Gasteiger partial charge in [0.05, 0.1) is 6.10 Å². The average Bonchev–Trinajstić information content (AvgIpc) is 3.02. The lowest BCUT2D eigenvalue weighted by Gasteiger charge is -2.26. The molecule has 1 amide bonds. The van der Waals surface area contributed by atoms with Crippen molar-refractivity contribution < 1.29 is 14.4 Å². The molecule has 1 saturated carbocycles. The molecule has 4 heteroatoms. The van der Waals surface area contributed by atoms with Crippen LogP contribution in [0.2, 0.25) is 0 Å². The zero-order chi connectivity index (χ0) is 13.2. The molecule has 2 aliphatic rings. The maximum absolute atomic E-state index is 12.4. The minimum atomic E-state index is -0.394. The Bertz CT molecular complexity index is 468. The highest BCUT2D eigenvalue weighted by atomic mass is 16.7. The Kier molecular flexibility index (Phi) is 3.53. The van der Waals surface area contributed by atoms with Gasteiger partial charge in [0.2, 0.25) is 0 Å². The second kappa shape index (κ2) is 5.31. The van der Waals surface area contributed by atoms with Crippen LogP contribution in [0.15, 0.2) is 24.3 Å². The predicted octanol–water partition coefficient (Wildman–Crippen LogP) is 3.05. The first-order valence-electron chi connectivity index (χ1n) is 7.02. The molecule has 0 spiro atoms. The van der Waals surface area contributed by atoms with Gasteiger partial charge in [-0.2, -0.15) is 5.06 Å². The van der Waals surface area contributed by atoms with E-state index in [-0.39, 0.29) is 12.0 Å². The van der Waals surface area contributed by atoms with E-state index in [9.17, 15) is 4.79 Å². The lowest BCUT2D eigenvalue weighted by molar-refractivity contribution is -0.238. The topological polar surface area (TPSA) is 38.8 Å². The molecule has 0 aromatic heterocycles. The molecule has 0 radical (unpaired) electrons. The number of fused-ring (bicyclic) bond motifs is 1. The van der Waals surface area contributed by atoms with Crippen molar-refractivity contribution >= 4 is 5.91 Å². The SMILES string of the molecule is CCOC1c2ccccc2C(=O)N1OC1CCCC1. The molecule has 1 aromatic rings. The van der Waals surface area contributed by atoms with E-state index < -0.39 is 6.23 Å². The molecule has 1 fully saturated rings. The van der Waals surface area contributed by atoms with E-state index in [1.165, 1.54) is 17.9 Å². The minimum Gasteiger partial charge on any atom is -0.352 e. The number of benzene rings is 1. The Morgan fingerprint density at radius 1 is 1.26 bits per heavy atom. The second-order valence-corrected chi connectivity index (χ2v) is 5.04. The number of carbonyl (C=O) groups is 1. The fourth-order valence-corrected chi connectivity index (χ4v) is 2.83. The maximum atomic E-state index is 12.4. The first kappa shape index (κ1) is 12.6. The molecule has 0 saturated heterocycles. The van der Waals surface area contributed by atoms with E-state index in [2.05, 4.69) is 0 Å². The molecular formula is C15H19NO3. The van der Waals surface area contributed by atoms with Gasteiger partial charge in [-0.05, 0) is 25.8 Å². The van der Waals surface area contributed by atoms with Crippen LogP contribution >= 0.6 is 0 Å². The van der Waals surface area contributed by atoms with E-state index >= 15 is 0 Å². The van der Waals surface area contributed by atoms with Crippen LogP contribution in [0.1, 0.15) is 54.8 Å². The van der Waals surface area contributed by atoms with E-state index in [1.54, 1.807) is 0 Å². The third kappa shape index (κ3) is 2.26. The summed E-state index contributed by atoms with van der Waals surface area (Å²) in [5, 5.41) is 1.43. The van der Waals surface area contributed by atoms with Crippen molar-refractivity contribution in [1.29, 1.82) is 0 Å². The third-order valence-corrected chi connectivity index (χ3v) is 3.76. The summed E-state index contributed by atoms with van der Waals surface area (Å²) in [5.41, 5.74) is 1.60. The number of hydroxylamine groups is 2. The summed E-state index contributed by atoms with van der Waals surface area (Å²) in [6.45, 7) is 2.48. The Morgan fingerprint density at radius 2 is 2.00 bits per heavy atom. The molecule has 0 N–H and O–H groups in total. The van der Waals surface area contributed by atoms with Gasteiger partial charge in [-0.25, -0.2) is 0 Å². The van der Waals surface area contributed by atoms with Crippen LogP contribution in [0.4, 0.5) is 0 Å². The first-order valence-corrected chi connectivity index (χ1v) is 7.02. The minimum absolute atomic E-state index is 0.0825. The Morgan fingerprint density at radius 3 is 2.74 bits per heavy atom. The Labute approximate surface area is 113 Å². The Balaban J connectivity index is 1.84. The van der Waals surface area contributed by atoms with Gasteiger partial charge < -0.3 is 4.74 Å². The number of rotatable bonds is 4. The highest BCUT2D eigenvalue weighted by Crippen LogP contribution is 2.36. The number of carbonyl (C=O) groups excluding carboxylic acids is 1. The smallest absolute Gasteiger partial charge is 0.280 e. The molecule has 3 rings (SSSR count). The zero-order valence-corrected chi connectivity index (χ0v) is 11.2. The fourth-order valence-electron chi connectivity index (χ4n) is 2.83. The number of nitrogens with zero attached hydrogens (tertiary/aromatic N) is 1. The highest BCUT2D eigenvalue weighted by molar-refractivity contribution is 5.98. The number of hydrogen-bond acceptors (Lipinski definition) is 3. The van der Waals surface area contributed by atoms with Crippen LogP contribution in [-0.4, -0.2) is 23.7 Å². The standard InChI is InChI=1S/C15H19NO3/c1-2-18-15-13-10-6-5-9-12(13)14(17)16(15)19-11-7-3-4-8-11/h5-6,9-11,15H,2-4,7-8H2,1H3. The second-order valence-electron chi connectivity index (χ2n) is 5.04. The molecule has 19 heavy (non-hydrogen) atoms. The van der Waals surface area contributed by atoms with Crippen LogP contribution in [0.25, 0.3) is 0 Å². The normalized spacial score (nSPS) is 23.1. The summed E-state index contributed by atoms with van der Waals surface area (Å²) in [4.78, 5) is 18.3.